The van der Waals surface area contributed by atoms with E-state index in [0.717, 1.165) is 5.82 Å². The van der Waals surface area contributed by atoms with E-state index in [4.69, 9.17) is 0 Å². The standard InChI is InChI=1S/C12H25B/c1-6-7-8-9-10(2)11(3)12(4)13-5/h12-13H,6-9H2,1-5H3/b11-10-. The van der Waals surface area contributed by atoms with Crippen molar-refractivity contribution in [1.29, 1.82) is 0 Å². The fourth-order valence-electron chi connectivity index (χ4n) is 1.56. The maximum atomic E-state index is 2.33. The first-order valence-electron chi connectivity index (χ1n) is 5.79. The van der Waals surface area contributed by atoms with E-state index in [1.54, 1.807) is 11.1 Å². The SMILES string of the molecule is CBC(C)/C(C)=C(/C)CCCCC. The molecule has 0 saturated carbocycles. The summed E-state index contributed by atoms with van der Waals surface area (Å²) in [5.41, 5.74) is 3.25. The Labute approximate surface area is 85.1 Å². The van der Waals surface area contributed by atoms with Crippen LogP contribution in [0.25, 0.3) is 0 Å². The van der Waals surface area contributed by atoms with Crippen molar-refractivity contribution < 1.29 is 0 Å². The lowest BCUT2D eigenvalue weighted by Gasteiger charge is -2.13. The van der Waals surface area contributed by atoms with E-state index < -0.39 is 0 Å². The Morgan fingerprint density at radius 1 is 1.23 bits per heavy atom. The van der Waals surface area contributed by atoms with Crippen molar-refractivity contribution in [3.63, 3.8) is 0 Å². The van der Waals surface area contributed by atoms with Crippen LogP contribution in [0.4, 0.5) is 0 Å². The second-order valence-corrected chi connectivity index (χ2v) is 4.23. The first kappa shape index (κ1) is 12.8. The van der Waals surface area contributed by atoms with E-state index in [0.29, 0.717) is 0 Å². The average Bonchev–Trinajstić information content (AvgIpc) is 2.15. The fraction of sp³-hybridized carbons (Fsp3) is 0.833. The van der Waals surface area contributed by atoms with Gasteiger partial charge in [-0.2, -0.15) is 0 Å². The highest BCUT2D eigenvalue weighted by molar-refractivity contribution is 6.36. The molecule has 0 saturated heterocycles. The molecule has 0 rings (SSSR count). The Kier molecular flexibility index (Phi) is 7.12. The van der Waals surface area contributed by atoms with Crippen molar-refractivity contribution in [1.82, 2.24) is 0 Å². The molecule has 1 heteroatoms. The van der Waals surface area contributed by atoms with E-state index in [2.05, 4.69) is 34.5 Å². The topological polar surface area (TPSA) is 0 Å². The molecule has 13 heavy (non-hydrogen) atoms. The zero-order valence-corrected chi connectivity index (χ0v) is 10.1. The third kappa shape index (κ3) is 5.18. The van der Waals surface area contributed by atoms with Crippen LogP contribution in [0, 0.1) is 0 Å². The molecule has 0 amide bonds. The summed E-state index contributed by atoms with van der Waals surface area (Å²) in [4.78, 5) is 0. The zero-order valence-electron chi connectivity index (χ0n) is 10.1. The molecule has 0 aromatic carbocycles. The van der Waals surface area contributed by atoms with Crippen molar-refractivity contribution in [2.45, 2.75) is 66.0 Å². The van der Waals surface area contributed by atoms with Gasteiger partial charge in [0.25, 0.3) is 0 Å². The third-order valence-electron chi connectivity index (χ3n) is 3.18. The molecular weight excluding hydrogens is 155 g/mol. The molecule has 0 aliphatic heterocycles. The molecule has 1 atom stereocenters. The molecule has 0 bridgehead atoms. The molecule has 0 spiro atoms. The summed E-state index contributed by atoms with van der Waals surface area (Å²) >= 11 is 0. The number of allylic oxidation sites excluding steroid dienone is 2. The average molecular weight is 180 g/mol. The van der Waals surface area contributed by atoms with Gasteiger partial charge in [0.2, 0.25) is 0 Å². The normalized spacial score (nSPS) is 15.2. The van der Waals surface area contributed by atoms with Gasteiger partial charge >= 0.3 is 0 Å². The third-order valence-corrected chi connectivity index (χ3v) is 3.18. The molecule has 0 fully saturated rings. The van der Waals surface area contributed by atoms with Gasteiger partial charge in [0.15, 0.2) is 0 Å². The van der Waals surface area contributed by atoms with Crippen molar-refractivity contribution in [3.8, 4) is 0 Å². The minimum atomic E-state index is 0.779. The van der Waals surface area contributed by atoms with Crippen LogP contribution >= 0.6 is 0 Å². The van der Waals surface area contributed by atoms with Gasteiger partial charge in [0.05, 0.1) is 0 Å². The molecule has 0 N–H and O–H groups in total. The summed E-state index contributed by atoms with van der Waals surface area (Å²) in [7, 11) is 1.27. The highest BCUT2D eigenvalue weighted by Gasteiger charge is 2.05. The van der Waals surface area contributed by atoms with Gasteiger partial charge in [-0.15, -0.1) is 0 Å². The predicted octanol–water partition coefficient (Wildman–Crippen LogP) is 4.20. The van der Waals surface area contributed by atoms with Gasteiger partial charge in [-0.25, -0.2) is 0 Å². The maximum absolute atomic E-state index is 2.33. The van der Waals surface area contributed by atoms with Gasteiger partial charge in [0.1, 0.15) is 7.28 Å². The summed E-state index contributed by atoms with van der Waals surface area (Å²) in [5, 5.41) is 0. The molecule has 76 valence electrons. The summed E-state index contributed by atoms with van der Waals surface area (Å²) < 4.78 is 0. The Morgan fingerprint density at radius 2 is 1.85 bits per heavy atom. The van der Waals surface area contributed by atoms with Crippen molar-refractivity contribution >= 4 is 7.28 Å². The second-order valence-electron chi connectivity index (χ2n) is 4.23. The van der Waals surface area contributed by atoms with Crippen LogP contribution in [-0.2, 0) is 0 Å². The van der Waals surface area contributed by atoms with Crippen LogP contribution in [0.2, 0.25) is 12.6 Å². The van der Waals surface area contributed by atoms with Crippen LogP contribution in [-0.4, -0.2) is 7.28 Å². The number of hydrogen-bond donors (Lipinski definition) is 0. The molecule has 0 aromatic heterocycles. The maximum Gasteiger partial charge on any atom is 0.125 e. The summed E-state index contributed by atoms with van der Waals surface area (Å²) in [5.74, 6) is 0.779. The first-order valence-corrected chi connectivity index (χ1v) is 5.79. The van der Waals surface area contributed by atoms with E-state index in [1.807, 2.05) is 0 Å². The highest BCUT2D eigenvalue weighted by Crippen LogP contribution is 2.22. The Hall–Kier alpha value is -0.195. The molecule has 0 aromatic rings. The predicted molar refractivity (Wildman–Crippen MR) is 65.0 cm³/mol. The molecule has 0 aliphatic carbocycles. The fourth-order valence-corrected chi connectivity index (χ4v) is 1.56. The Bertz CT molecular complexity index is 159. The smallest absolute Gasteiger partial charge is 0.0888 e. The molecule has 0 nitrogen and oxygen atoms in total. The first-order chi connectivity index (χ1) is 6.13. The number of unbranched alkanes of at least 4 members (excludes halogenated alkanes) is 2. The molecular formula is C12H25B. The van der Waals surface area contributed by atoms with Gasteiger partial charge in [0, 0.05) is 0 Å². The van der Waals surface area contributed by atoms with Crippen LogP contribution in [0.3, 0.4) is 0 Å². The van der Waals surface area contributed by atoms with E-state index in [9.17, 15) is 0 Å². The van der Waals surface area contributed by atoms with E-state index in [-0.39, 0.29) is 0 Å². The monoisotopic (exact) mass is 180 g/mol. The van der Waals surface area contributed by atoms with Gasteiger partial charge in [-0.1, -0.05) is 44.7 Å². The molecule has 0 aliphatic rings. The summed E-state index contributed by atoms with van der Waals surface area (Å²) in [6, 6.07) is 0. The molecule has 1 unspecified atom stereocenters. The summed E-state index contributed by atoms with van der Waals surface area (Å²) in [6.07, 6.45) is 5.39. The van der Waals surface area contributed by atoms with Gasteiger partial charge in [-0.05, 0) is 32.5 Å². The van der Waals surface area contributed by atoms with Gasteiger partial charge in [-0.3, -0.25) is 0 Å². The lowest BCUT2D eigenvalue weighted by Crippen LogP contribution is -1.98. The Balaban J connectivity index is 3.95. The van der Waals surface area contributed by atoms with Gasteiger partial charge < -0.3 is 0 Å². The number of rotatable bonds is 6. The van der Waals surface area contributed by atoms with E-state index in [1.165, 1.54) is 33.0 Å². The number of hydrogen-bond acceptors (Lipinski definition) is 0. The highest BCUT2D eigenvalue weighted by atomic mass is 14.0. The molecule has 0 heterocycles. The minimum Gasteiger partial charge on any atom is -0.0888 e. The molecule has 0 radical (unpaired) electrons. The van der Waals surface area contributed by atoms with E-state index >= 15 is 0 Å². The largest absolute Gasteiger partial charge is 0.125 e. The van der Waals surface area contributed by atoms with Crippen molar-refractivity contribution in [2.75, 3.05) is 0 Å². The van der Waals surface area contributed by atoms with Crippen LogP contribution in [0.15, 0.2) is 11.1 Å². The second kappa shape index (κ2) is 7.23. The zero-order chi connectivity index (χ0) is 10.3. The van der Waals surface area contributed by atoms with Crippen LogP contribution < -0.4 is 0 Å². The minimum absolute atomic E-state index is 0.779. The van der Waals surface area contributed by atoms with Crippen LogP contribution in [0.1, 0.15) is 53.4 Å². The van der Waals surface area contributed by atoms with Crippen molar-refractivity contribution in [3.05, 3.63) is 11.1 Å². The lowest BCUT2D eigenvalue weighted by molar-refractivity contribution is 0.707. The lowest BCUT2D eigenvalue weighted by atomic mass is 9.64. The summed E-state index contributed by atoms with van der Waals surface area (Å²) in [6.45, 7) is 11.5. The van der Waals surface area contributed by atoms with Crippen LogP contribution in [0.5, 0.6) is 0 Å². The quantitative estimate of drug-likeness (QED) is 0.326. The Morgan fingerprint density at radius 3 is 2.31 bits per heavy atom. The van der Waals surface area contributed by atoms with Crippen molar-refractivity contribution in [2.24, 2.45) is 0 Å².